The number of unbranched alkanes of at least 4 members (excludes halogenated alkanes) is 7. The molecule has 0 amide bonds. The summed E-state index contributed by atoms with van der Waals surface area (Å²) in [6.07, 6.45) is 11.0. The minimum Gasteiger partial charge on any atom is -0.463 e. The fourth-order valence-corrected chi connectivity index (χ4v) is 4.06. The maximum absolute atomic E-state index is 11.7. The molecule has 0 heterocycles. The Hall–Kier alpha value is -0.970. The van der Waals surface area contributed by atoms with Crippen LogP contribution in [0.2, 0.25) is 0 Å². The molecule has 0 saturated carbocycles. The Morgan fingerprint density at radius 1 is 0.286 bits per heavy atom. The van der Waals surface area contributed by atoms with Gasteiger partial charge in [-0.1, -0.05) is 58.8 Å². The molecule has 0 rings (SSSR count). The van der Waals surface area contributed by atoms with Crippen LogP contribution in [-0.4, -0.2) is 158 Å². The predicted octanol–water partition coefficient (Wildman–Crippen LogP) is 4.65. The molecular weight excluding hydrogens is 640 g/mol. The summed E-state index contributed by atoms with van der Waals surface area (Å²) >= 11 is 0. The van der Waals surface area contributed by atoms with E-state index in [1.165, 1.54) is 32.1 Å². The molecule has 0 unspecified atom stereocenters. The minimum absolute atomic E-state index is 0.140. The molecule has 13 heteroatoms. The van der Waals surface area contributed by atoms with E-state index in [1.807, 2.05) is 0 Å². The Kier molecular flexibility index (Phi) is 44.2. The highest BCUT2D eigenvalue weighted by atomic mass is 16.6. The second-order valence-electron chi connectivity index (χ2n) is 11.2. The number of carbonyl (C=O) groups excluding carboxylic acids is 1. The topological polar surface area (TPSA) is 128 Å². The highest BCUT2D eigenvalue weighted by Gasteiger charge is 2.03. The van der Waals surface area contributed by atoms with Crippen molar-refractivity contribution in [3.05, 3.63) is 0 Å². The van der Waals surface area contributed by atoms with Crippen LogP contribution in [0.25, 0.3) is 0 Å². The molecule has 0 aliphatic rings. The summed E-state index contributed by atoms with van der Waals surface area (Å²) in [7, 11) is 0. The Balaban J connectivity index is 3.09. The van der Waals surface area contributed by atoms with Crippen LogP contribution in [0.3, 0.4) is 0 Å². The van der Waals surface area contributed by atoms with E-state index in [0.717, 1.165) is 32.3 Å². The summed E-state index contributed by atoms with van der Waals surface area (Å²) in [4.78, 5) is 11.7. The first kappa shape index (κ1) is 48.0. The maximum atomic E-state index is 11.7. The molecule has 0 saturated heterocycles. The zero-order valence-corrected chi connectivity index (χ0v) is 31.1. The lowest BCUT2D eigenvalue weighted by molar-refractivity contribution is -0.145. The summed E-state index contributed by atoms with van der Waals surface area (Å²) in [6.45, 7) is 16.2. The fourth-order valence-electron chi connectivity index (χ4n) is 4.06. The molecule has 49 heavy (non-hydrogen) atoms. The summed E-state index contributed by atoms with van der Waals surface area (Å²) in [5, 5.41) is 0. The van der Waals surface area contributed by atoms with Gasteiger partial charge in [-0.05, 0) is 12.8 Å². The lowest BCUT2D eigenvalue weighted by Crippen LogP contribution is -2.15. The zero-order valence-electron chi connectivity index (χ0n) is 31.1. The lowest BCUT2D eigenvalue weighted by atomic mass is 10.1. The van der Waals surface area contributed by atoms with Crippen molar-refractivity contribution < 1.29 is 61.6 Å². The van der Waals surface area contributed by atoms with Crippen LogP contribution in [0.4, 0.5) is 0 Å². The predicted molar refractivity (Wildman–Crippen MR) is 187 cm³/mol. The van der Waals surface area contributed by atoms with Crippen molar-refractivity contribution in [1.29, 1.82) is 0 Å². The van der Waals surface area contributed by atoms with E-state index >= 15 is 0 Å². The number of esters is 1. The van der Waals surface area contributed by atoms with Crippen LogP contribution < -0.4 is 0 Å². The molecule has 0 aliphatic heterocycles. The highest BCUT2D eigenvalue weighted by molar-refractivity contribution is 5.69. The van der Waals surface area contributed by atoms with Gasteiger partial charge in [0.2, 0.25) is 0 Å². The molecule has 0 bridgehead atoms. The minimum atomic E-state index is -0.140. The van der Waals surface area contributed by atoms with E-state index in [0.29, 0.717) is 145 Å². The van der Waals surface area contributed by atoms with Gasteiger partial charge in [-0.15, -0.1) is 0 Å². The summed E-state index contributed by atoms with van der Waals surface area (Å²) < 4.78 is 65.3. The first-order chi connectivity index (χ1) is 24.3. The van der Waals surface area contributed by atoms with Crippen molar-refractivity contribution in [3.8, 4) is 0 Å². The third-order valence-corrected chi connectivity index (χ3v) is 6.84. The van der Waals surface area contributed by atoms with Crippen molar-refractivity contribution >= 4 is 5.97 Å². The number of hydrogen-bond donors (Lipinski definition) is 0. The van der Waals surface area contributed by atoms with Gasteiger partial charge in [0.15, 0.2) is 0 Å². The lowest BCUT2D eigenvalue weighted by Gasteiger charge is -2.09. The van der Waals surface area contributed by atoms with E-state index in [9.17, 15) is 4.79 Å². The Labute approximate surface area is 297 Å². The van der Waals surface area contributed by atoms with Crippen molar-refractivity contribution in [3.63, 3.8) is 0 Å². The molecular formula is C36H72O13. The molecule has 0 N–H and O–H groups in total. The fraction of sp³-hybridized carbons (Fsp3) is 0.972. The van der Waals surface area contributed by atoms with Crippen LogP contribution in [-0.2, 0) is 61.6 Å². The van der Waals surface area contributed by atoms with E-state index in [1.54, 1.807) is 0 Å². The molecule has 0 aromatic heterocycles. The summed E-state index contributed by atoms with van der Waals surface area (Å²) in [6, 6.07) is 0. The molecule has 0 fully saturated rings. The highest BCUT2D eigenvalue weighted by Crippen LogP contribution is 2.08. The smallest absolute Gasteiger partial charge is 0.305 e. The number of hydrogen-bond acceptors (Lipinski definition) is 13. The van der Waals surface area contributed by atoms with Crippen LogP contribution >= 0.6 is 0 Å². The number of ether oxygens (including phenoxy) is 12. The van der Waals surface area contributed by atoms with Crippen LogP contribution in [0.1, 0.15) is 78.1 Å². The zero-order chi connectivity index (χ0) is 35.4. The van der Waals surface area contributed by atoms with Crippen LogP contribution in [0.15, 0.2) is 0 Å². The molecule has 13 nitrogen and oxygen atoms in total. The Morgan fingerprint density at radius 3 is 0.837 bits per heavy atom. The summed E-state index contributed by atoms with van der Waals surface area (Å²) in [5.74, 6) is -0.140. The van der Waals surface area contributed by atoms with E-state index in [4.69, 9.17) is 56.8 Å². The second kappa shape index (κ2) is 45.1. The quantitative estimate of drug-likeness (QED) is 0.0643. The van der Waals surface area contributed by atoms with Gasteiger partial charge >= 0.3 is 5.97 Å². The van der Waals surface area contributed by atoms with Gasteiger partial charge in [0.25, 0.3) is 0 Å². The number of rotatable bonds is 44. The Morgan fingerprint density at radius 2 is 0.531 bits per heavy atom. The molecule has 0 aromatic carbocycles. The molecule has 0 aliphatic carbocycles. The van der Waals surface area contributed by atoms with Crippen LogP contribution in [0.5, 0.6) is 0 Å². The van der Waals surface area contributed by atoms with Crippen molar-refractivity contribution in [2.45, 2.75) is 78.1 Å². The average molecular weight is 713 g/mol. The second-order valence-corrected chi connectivity index (χ2v) is 11.2. The maximum Gasteiger partial charge on any atom is 0.305 e. The van der Waals surface area contributed by atoms with Gasteiger partial charge in [0.05, 0.1) is 139 Å². The number of carbonyl (C=O) groups is 1. The van der Waals surface area contributed by atoms with Crippen molar-refractivity contribution in [1.82, 2.24) is 0 Å². The van der Waals surface area contributed by atoms with Gasteiger partial charge in [-0.2, -0.15) is 0 Å². The third kappa shape index (κ3) is 45.0. The van der Waals surface area contributed by atoms with Crippen molar-refractivity contribution in [2.75, 3.05) is 152 Å². The first-order valence-corrected chi connectivity index (χ1v) is 18.8. The van der Waals surface area contributed by atoms with Gasteiger partial charge in [0, 0.05) is 13.0 Å². The normalized spacial score (nSPS) is 11.5. The first-order valence-electron chi connectivity index (χ1n) is 18.8. The molecule has 0 atom stereocenters. The van der Waals surface area contributed by atoms with Gasteiger partial charge in [-0.25, -0.2) is 0 Å². The van der Waals surface area contributed by atoms with E-state index < -0.39 is 0 Å². The standard InChI is InChI=1S/C36H72O13/c1-3-5-7-8-9-10-11-12-36(37)49-35-34-48-33-32-47-31-30-46-29-28-45-27-26-44-25-24-43-23-22-42-21-20-41-19-18-40-17-16-39-15-14-38-13-6-4-2/h3-35H2,1-2H3. The van der Waals surface area contributed by atoms with Gasteiger partial charge in [0.1, 0.15) is 6.61 Å². The van der Waals surface area contributed by atoms with Gasteiger partial charge < -0.3 is 56.8 Å². The Bertz CT molecular complexity index is 615. The molecule has 0 aromatic rings. The molecule has 294 valence electrons. The SMILES string of the molecule is CCCCCCCCCC(=O)OCCOCCOCCOCCOCCOCCOCCOCCOCCOCCOCCOCCCC. The average Bonchev–Trinajstić information content (AvgIpc) is 3.11. The monoisotopic (exact) mass is 712 g/mol. The van der Waals surface area contributed by atoms with Crippen LogP contribution in [0, 0.1) is 0 Å². The van der Waals surface area contributed by atoms with E-state index in [2.05, 4.69) is 13.8 Å². The molecule has 0 spiro atoms. The largest absolute Gasteiger partial charge is 0.463 e. The van der Waals surface area contributed by atoms with Crippen molar-refractivity contribution in [2.24, 2.45) is 0 Å². The van der Waals surface area contributed by atoms with Gasteiger partial charge in [-0.3, -0.25) is 4.79 Å². The molecule has 0 radical (unpaired) electrons. The third-order valence-electron chi connectivity index (χ3n) is 6.84. The summed E-state index contributed by atoms with van der Waals surface area (Å²) in [5.41, 5.74) is 0. The van der Waals surface area contributed by atoms with E-state index in [-0.39, 0.29) is 12.6 Å².